The van der Waals surface area contributed by atoms with Crippen LogP contribution in [0.1, 0.15) is 5.69 Å². The Hall–Kier alpha value is -3.82. The fourth-order valence-electron chi connectivity index (χ4n) is 3.28. The summed E-state index contributed by atoms with van der Waals surface area (Å²) < 4.78 is 6.58. The van der Waals surface area contributed by atoms with Crippen LogP contribution in [0.25, 0.3) is 33.1 Å². The van der Waals surface area contributed by atoms with E-state index in [-0.39, 0.29) is 16.6 Å². The van der Waals surface area contributed by atoms with Gasteiger partial charge >= 0.3 is 5.69 Å². The summed E-state index contributed by atoms with van der Waals surface area (Å²) in [4.78, 5) is 21.6. The molecule has 4 aromatic rings. The standard InChI is InChI=1S/C16H11N5O5/c1-8-13(9-5-3-4-6-10(9)19(8)2)14-11(20(22)23)7-12(21(24)25)15-16(14)18-26-17-15/h3-7H,1-2H3. The number of fused-ring (bicyclic) bond motifs is 2. The molecule has 10 nitrogen and oxygen atoms in total. The summed E-state index contributed by atoms with van der Waals surface area (Å²) in [6.45, 7) is 1.82. The van der Waals surface area contributed by atoms with E-state index in [1.54, 1.807) is 0 Å². The van der Waals surface area contributed by atoms with Gasteiger partial charge in [0.05, 0.1) is 21.5 Å². The summed E-state index contributed by atoms with van der Waals surface area (Å²) in [6, 6.07) is 8.32. The topological polar surface area (TPSA) is 130 Å². The second-order valence-electron chi connectivity index (χ2n) is 5.80. The number of benzene rings is 2. The van der Waals surface area contributed by atoms with Crippen LogP contribution in [-0.4, -0.2) is 24.7 Å². The summed E-state index contributed by atoms with van der Waals surface area (Å²) in [5, 5.41) is 31.1. The molecule has 0 saturated carbocycles. The third kappa shape index (κ3) is 1.98. The summed E-state index contributed by atoms with van der Waals surface area (Å²) >= 11 is 0. The summed E-state index contributed by atoms with van der Waals surface area (Å²) in [5.74, 6) is 0. The average molecular weight is 353 g/mol. The van der Waals surface area contributed by atoms with Gasteiger partial charge in [0.15, 0.2) is 5.52 Å². The Morgan fingerprint density at radius 1 is 1.00 bits per heavy atom. The first-order chi connectivity index (χ1) is 12.4. The fraction of sp³-hybridized carbons (Fsp3) is 0.125. The molecule has 0 unspecified atom stereocenters. The highest BCUT2D eigenvalue weighted by molar-refractivity contribution is 6.09. The number of rotatable bonds is 3. The number of hydrogen-bond donors (Lipinski definition) is 0. The number of nitro benzene ring substituents is 2. The van der Waals surface area contributed by atoms with Crippen LogP contribution in [0.15, 0.2) is 35.0 Å². The molecule has 0 saturated heterocycles. The van der Waals surface area contributed by atoms with Gasteiger partial charge in [0.25, 0.3) is 5.69 Å². The third-order valence-corrected chi connectivity index (χ3v) is 4.54. The second-order valence-corrected chi connectivity index (χ2v) is 5.80. The molecule has 26 heavy (non-hydrogen) atoms. The Morgan fingerprint density at radius 3 is 2.35 bits per heavy atom. The fourth-order valence-corrected chi connectivity index (χ4v) is 3.28. The van der Waals surface area contributed by atoms with Gasteiger partial charge in [-0.15, -0.1) is 0 Å². The number of hydrogen-bond acceptors (Lipinski definition) is 7. The maximum absolute atomic E-state index is 11.7. The largest absolute Gasteiger partial charge is 0.347 e. The molecule has 0 atom stereocenters. The van der Waals surface area contributed by atoms with E-state index >= 15 is 0 Å². The molecule has 0 N–H and O–H groups in total. The SMILES string of the molecule is Cc1c(-c2c([N+](=O)[O-])cc([N+](=O)[O-])c3nonc23)c2ccccc2n1C. The molecule has 10 heteroatoms. The molecule has 130 valence electrons. The smallest absolute Gasteiger partial charge is 0.307 e. The second kappa shape index (κ2) is 5.34. The van der Waals surface area contributed by atoms with Gasteiger partial charge in [-0.3, -0.25) is 20.2 Å². The Balaban J connectivity index is 2.24. The molecule has 0 spiro atoms. The van der Waals surface area contributed by atoms with E-state index in [1.807, 2.05) is 42.8 Å². The van der Waals surface area contributed by atoms with Crippen molar-refractivity contribution >= 4 is 33.3 Å². The Bertz CT molecular complexity index is 1220. The van der Waals surface area contributed by atoms with Gasteiger partial charge in [-0.2, -0.15) is 0 Å². The van der Waals surface area contributed by atoms with Crippen LogP contribution in [0.5, 0.6) is 0 Å². The van der Waals surface area contributed by atoms with Gasteiger partial charge in [0.1, 0.15) is 0 Å². The van der Waals surface area contributed by atoms with Crippen molar-refractivity contribution in [1.82, 2.24) is 14.9 Å². The zero-order chi connectivity index (χ0) is 18.6. The normalized spacial score (nSPS) is 11.3. The van der Waals surface area contributed by atoms with E-state index in [9.17, 15) is 20.2 Å². The van der Waals surface area contributed by atoms with Gasteiger partial charge in [-0.1, -0.05) is 18.2 Å². The number of aromatic nitrogens is 3. The molecule has 0 aliphatic heterocycles. The lowest BCUT2D eigenvalue weighted by atomic mass is 9.98. The van der Waals surface area contributed by atoms with Crippen LogP contribution >= 0.6 is 0 Å². The van der Waals surface area contributed by atoms with Gasteiger partial charge < -0.3 is 4.57 Å². The third-order valence-electron chi connectivity index (χ3n) is 4.54. The molecule has 0 aliphatic carbocycles. The monoisotopic (exact) mass is 353 g/mol. The minimum Gasteiger partial charge on any atom is -0.347 e. The first kappa shape index (κ1) is 15.7. The predicted molar refractivity (Wildman–Crippen MR) is 91.8 cm³/mol. The Morgan fingerprint density at radius 2 is 1.65 bits per heavy atom. The number of aryl methyl sites for hydroxylation is 1. The molecular weight excluding hydrogens is 342 g/mol. The molecule has 0 radical (unpaired) electrons. The molecular formula is C16H11N5O5. The van der Waals surface area contributed by atoms with Gasteiger partial charge in [-0.05, 0) is 23.3 Å². The summed E-state index contributed by atoms with van der Waals surface area (Å²) in [5.41, 5.74) is 1.29. The highest BCUT2D eigenvalue weighted by atomic mass is 16.6. The lowest BCUT2D eigenvalue weighted by molar-refractivity contribution is -0.392. The number of nitrogens with zero attached hydrogens (tertiary/aromatic N) is 5. The van der Waals surface area contributed by atoms with E-state index < -0.39 is 21.2 Å². The lowest BCUT2D eigenvalue weighted by Gasteiger charge is -2.05. The van der Waals surface area contributed by atoms with Crippen molar-refractivity contribution in [2.75, 3.05) is 0 Å². The molecule has 0 amide bonds. The molecule has 2 aromatic heterocycles. The molecule has 2 heterocycles. The van der Waals surface area contributed by atoms with Crippen molar-refractivity contribution in [1.29, 1.82) is 0 Å². The van der Waals surface area contributed by atoms with Gasteiger partial charge in [0, 0.05) is 29.2 Å². The Kier molecular flexibility index (Phi) is 3.22. The van der Waals surface area contributed by atoms with Crippen LogP contribution < -0.4 is 0 Å². The predicted octanol–water partition coefficient (Wildman–Crippen LogP) is 3.51. The maximum atomic E-state index is 11.7. The van der Waals surface area contributed by atoms with Crippen LogP contribution in [-0.2, 0) is 7.05 Å². The van der Waals surface area contributed by atoms with E-state index in [1.165, 1.54) is 0 Å². The van der Waals surface area contributed by atoms with Crippen LogP contribution in [0.4, 0.5) is 11.4 Å². The van der Waals surface area contributed by atoms with Crippen molar-refractivity contribution in [3.05, 3.63) is 56.3 Å². The highest BCUT2D eigenvalue weighted by Crippen LogP contribution is 2.44. The number of non-ortho nitro benzene ring substituents is 1. The zero-order valence-electron chi connectivity index (χ0n) is 13.7. The lowest BCUT2D eigenvalue weighted by Crippen LogP contribution is -1.99. The first-order valence-corrected chi connectivity index (χ1v) is 7.54. The van der Waals surface area contributed by atoms with Gasteiger partial charge in [0.2, 0.25) is 5.52 Å². The van der Waals surface area contributed by atoms with Crippen molar-refractivity contribution in [2.45, 2.75) is 6.92 Å². The van der Waals surface area contributed by atoms with Crippen LogP contribution in [0.3, 0.4) is 0 Å². The summed E-state index contributed by atoms with van der Waals surface area (Å²) in [6.07, 6.45) is 0. The van der Waals surface area contributed by atoms with Crippen LogP contribution in [0, 0.1) is 27.2 Å². The minimum atomic E-state index is -0.737. The van der Waals surface area contributed by atoms with Crippen molar-refractivity contribution in [3.63, 3.8) is 0 Å². The molecule has 0 bridgehead atoms. The van der Waals surface area contributed by atoms with E-state index in [0.29, 0.717) is 5.56 Å². The van der Waals surface area contributed by atoms with Crippen molar-refractivity contribution < 1.29 is 14.5 Å². The van der Waals surface area contributed by atoms with Crippen LogP contribution in [0.2, 0.25) is 0 Å². The van der Waals surface area contributed by atoms with E-state index in [4.69, 9.17) is 0 Å². The van der Waals surface area contributed by atoms with Crippen molar-refractivity contribution in [3.8, 4) is 11.1 Å². The van der Waals surface area contributed by atoms with E-state index in [0.717, 1.165) is 22.7 Å². The molecule has 0 fully saturated rings. The number of para-hydroxylation sites is 1. The summed E-state index contributed by atoms with van der Waals surface area (Å²) in [7, 11) is 1.84. The highest BCUT2D eigenvalue weighted by Gasteiger charge is 2.32. The average Bonchev–Trinajstić information content (AvgIpc) is 3.18. The van der Waals surface area contributed by atoms with E-state index in [2.05, 4.69) is 14.9 Å². The molecule has 0 aliphatic rings. The first-order valence-electron chi connectivity index (χ1n) is 7.54. The number of nitro groups is 2. The maximum Gasteiger partial charge on any atom is 0.307 e. The molecule has 2 aromatic carbocycles. The van der Waals surface area contributed by atoms with Gasteiger partial charge in [-0.25, -0.2) is 4.63 Å². The zero-order valence-corrected chi connectivity index (χ0v) is 13.7. The quantitative estimate of drug-likeness (QED) is 0.407. The minimum absolute atomic E-state index is 0.00893. The Labute approximate surface area is 144 Å². The van der Waals surface area contributed by atoms with Crippen molar-refractivity contribution in [2.24, 2.45) is 7.05 Å². The molecule has 4 rings (SSSR count).